The lowest BCUT2D eigenvalue weighted by Crippen LogP contribution is -1.86. The van der Waals surface area contributed by atoms with Gasteiger partial charge in [-0.1, -0.05) is 18.2 Å². The van der Waals surface area contributed by atoms with Crippen molar-refractivity contribution < 1.29 is 0 Å². The van der Waals surface area contributed by atoms with Crippen LogP contribution < -0.4 is 0 Å². The molecule has 0 saturated carbocycles. The summed E-state index contributed by atoms with van der Waals surface area (Å²) in [5.41, 5.74) is 0.999. The van der Waals surface area contributed by atoms with Crippen molar-refractivity contribution >= 4 is 22.2 Å². The van der Waals surface area contributed by atoms with Gasteiger partial charge in [-0.25, -0.2) is 9.97 Å². The number of fused-ring (bicyclic) bond motifs is 1. The van der Waals surface area contributed by atoms with Gasteiger partial charge in [-0.3, -0.25) is 0 Å². The number of hydrogen-bond acceptors (Lipinski definition) is 3. The summed E-state index contributed by atoms with van der Waals surface area (Å²) in [4.78, 5) is 11.4. The van der Waals surface area contributed by atoms with Crippen molar-refractivity contribution in [1.29, 1.82) is 0 Å². The van der Waals surface area contributed by atoms with Gasteiger partial charge in [-0.2, -0.15) is 0 Å². The van der Waals surface area contributed by atoms with Gasteiger partial charge in [0.1, 0.15) is 0 Å². The lowest BCUT2D eigenvalue weighted by atomic mass is 10.2. The lowest BCUT2D eigenvalue weighted by Gasteiger charge is -1.98. The van der Waals surface area contributed by atoms with E-state index in [1.165, 1.54) is 4.88 Å². The summed E-state index contributed by atoms with van der Waals surface area (Å²) in [6, 6.07) is 12.2. The Bertz CT molecular complexity index is 643. The normalized spacial score (nSPS) is 10.8. The maximum absolute atomic E-state index is 4.56. The van der Waals surface area contributed by atoms with E-state index in [1.807, 2.05) is 30.5 Å². The van der Waals surface area contributed by atoms with E-state index >= 15 is 0 Å². The molecular formula is C13H10N2S. The van der Waals surface area contributed by atoms with Crippen molar-refractivity contribution in [3.05, 3.63) is 47.5 Å². The van der Waals surface area contributed by atoms with E-state index in [1.54, 1.807) is 11.3 Å². The van der Waals surface area contributed by atoms with Crippen molar-refractivity contribution in [3.8, 4) is 10.7 Å². The van der Waals surface area contributed by atoms with Crippen LogP contribution in [0.4, 0.5) is 0 Å². The van der Waals surface area contributed by atoms with Crippen LogP contribution in [0, 0.1) is 6.92 Å². The number of para-hydroxylation sites is 1. The Morgan fingerprint density at radius 2 is 1.94 bits per heavy atom. The molecule has 3 rings (SSSR count). The third-order valence-electron chi connectivity index (χ3n) is 2.45. The summed E-state index contributed by atoms with van der Waals surface area (Å²) in [5.74, 6) is 0.816. The van der Waals surface area contributed by atoms with Crippen LogP contribution in [-0.4, -0.2) is 9.97 Å². The minimum atomic E-state index is 0.816. The van der Waals surface area contributed by atoms with E-state index in [9.17, 15) is 0 Å². The van der Waals surface area contributed by atoms with Crippen LogP contribution in [0.2, 0.25) is 0 Å². The van der Waals surface area contributed by atoms with Crippen molar-refractivity contribution in [2.75, 3.05) is 0 Å². The van der Waals surface area contributed by atoms with Crippen LogP contribution in [0.5, 0.6) is 0 Å². The molecule has 2 aromatic heterocycles. The number of hydrogen-bond donors (Lipinski definition) is 0. The second kappa shape index (κ2) is 3.68. The second-order valence-electron chi connectivity index (χ2n) is 3.66. The van der Waals surface area contributed by atoms with Gasteiger partial charge in [0.05, 0.1) is 10.4 Å². The molecule has 0 amide bonds. The zero-order chi connectivity index (χ0) is 11.0. The first-order valence-electron chi connectivity index (χ1n) is 5.11. The van der Waals surface area contributed by atoms with Gasteiger partial charge in [0.15, 0.2) is 5.82 Å². The second-order valence-corrected chi connectivity index (χ2v) is 4.95. The minimum Gasteiger partial charge on any atom is -0.235 e. The summed E-state index contributed by atoms with van der Waals surface area (Å²) in [7, 11) is 0. The van der Waals surface area contributed by atoms with Gasteiger partial charge in [0.2, 0.25) is 0 Å². The molecule has 0 bridgehead atoms. The summed E-state index contributed by atoms with van der Waals surface area (Å²) in [6.45, 7) is 2.09. The third kappa shape index (κ3) is 1.59. The molecule has 1 aromatic carbocycles. The zero-order valence-electron chi connectivity index (χ0n) is 8.84. The lowest BCUT2D eigenvalue weighted by molar-refractivity contribution is 1.24. The molecule has 0 atom stereocenters. The van der Waals surface area contributed by atoms with Crippen LogP contribution in [0.25, 0.3) is 21.6 Å². The van der Waals surface area contributed by atoms with E-state index < -0.39 is 0 Å². The molecule has 3 heteroatoms. The summed E-state index contributed by atoms with van der Waals surface area (Å²) >= 11 is 1.72. The SMILES string of the molecule is Cc1ccc(-c2ncc3ccccc3n2)s1. The molecule has 0 fully saturated rings. The number of aromatic nitrogens is 2. The Labute approximate surface area is 97.6 Å². The molecule has 2 nitrogen and oxygen atoms in total. The fourth-order valence-corrected chi connectivity index (χ4v) is 2.45. The van der Waals surface area contributed by atoms with E-state index in [4.69, 9.17) is 0 Å². The van der Waals surface area contributed by atoms with Crippen LogP contribution in [0.1, 0.15) is 4.88 Å². The highest BCUT2D eigenvalue weighted by Crippen LogP contribution is 2.25. The van der Waals surface area contributed by atoms with Gasteiger partial charge in [-0.15, -0.1) is 11.3 Å². The minimum absolute atomic E-state index is 0.816. The van der Waals surface area contributed by atoms with Crippen molar-refractivity contribution in [3.63, 3.8) is 0 Å². The molecule has 0 unspecified atom stereocenters. The molecule has 0 saturated heterocycles. The average molecular weight is 226 g/mol. The van der Waals surface area contributed by atoms with Crippen LogP contribution in [-0.2, 0) is 0 Å². The number of thiophene rings is 1. The van der Waals surface area contributed by atoms with Crippen molar-refractivity contribution in [2.45, 2.75) is 6.92 Å². The molecule has 0 aliphatic rings. The van der Waals surface area contributed by atoms with Gasteiger partial charge in [-0.05, 0) is 25.1 Å². The molecule has 3 aromatic rings. The highest BCUT2D eigenvalue weighted by atomic mass is 32.1. The molecule has 78 valence electrons. The van der Waals surface area contributed by atoms with Crippen molar-refractivity contribution in [1.82, 2.24) is 9.97 Å². The van der Waals surface area contributed by atoms with E-state index in [0.717, 1.165) is 21.6 Å². The van der Waals surface area contributed by atoms with E-state index in [0.29, 0.717) is 0 Å². The van der Waals surface area contributed by atoms with Gasteiger partial charge in [0.25, 0.3) is 0 Å². The molecule has 16 heavy (non-hydrogen) atoms. The molecule has 0 N–H and O–H groups in total. The zero-order valence-corrected chi connectivity index (χ0v) is 9.66. The Morgan fingerprint density at radius 1 is 1.06 bits per heavy atom. The first-order valence-corrected chi connectivity index (χ1v) is 5.93. The third-order valence-corrected chi connectivity index (χ3v) is 3.45. The molecular weight excluding hydrogens is 216 g/mol. The fourth-order valence-electron chi connectivity index (χ4n) is 1.65. The Balaban J connectivity index is 2.18. The maximum Gasteiger partial charge on any atom is 0.169 e. The maximum atomic E-state index is 4.56. The first-order chi connectivity index (χ1) is 7.83. The molecule has 0 spiro atoms. The fraction of sp³-hybridized carbons (Fsp3) is 0.0769. The summed E-state index contributed by atoms with van der Waals surface area (Å²) in [5, 5.41) is 1.08. The predicted octanol–water partition coefficient (Wildman–Crippen LogP) is 3.67. The summed E-state index contributed by atoms with van der Waals surface area (Å²) in [6.07, 6.45) is 1.88. The number of rotatable bonds is 1. The number of benzene rings is 1. The van der Waals surface area contributed by atoms with Gasteiger partial charge >= 0.3 is 0 Å². The van der Waals surface area contributed by atoms with Crippen LogP contribution in [0.3, 0.4) is 0 Å². The molecule has 0 aliphatic carbocycles. The molecule has 0 aliphatic heterocycles. The summed E-state index contributed by atoms with van der Waals surface area (Å²) < 4.78 is 0. The standard InChI is InChI=1S/C13H10N2S/c1-9-6-7-12(16-9)13-14-8-10-4-2-3-5-11(10)15-13/h2-8H,1H3. The monoisotopic (exact) mass is 226 g/mol. The Kier molecular flexibility index (Phi) is 2.18. The highest BCUT2D eigenvalue weighted by Gasteiger charge is 2.04. The Hall–Kier alpha value is -1.74. The first kappa shape index (κ1) is 9.48. The van der Waals surface area contributed by atoms with Crippen molar-refractivity contribution in [2.24, 2.45) is 0 Å². The topological polar surface area (TPSA) is 25.8 Å². The highest BCUT2D eigenvalue weighted by molar-refractivity contribution is 7.15. The molecule has 0 radical (unpaired) electrons. The average Bonchev–Trinajstić information content (AvgIpc) is 2.75. The smallest absolute Gasteiger partial charge is 0.169 e. The van der Waals surface area contributed by atoms with Crippen LogP contribution in [0.15, 0.2) is 42.6 Å². The number of aryl methyl sites for hydroxylation is 1. The van der Waals surface area contributed by atoms with Crippen LogP contribution >= 0.6 is 11.3 Å². The largest absolute Gasteiger partial charge is 0.235 e. The van der Waals surface area contributed by atoms with Gasteiger partial charge in [0, 0.05) is 16.5 Å². The van der Waals surface area contributed by atoms with Gasteiger partial charge < -0.3 is 0 Å². The Morgan fingerprint density at radius 3 is 2.75 bits per heavy atom. The molecule has 2 heterocycles. The van der Waals surface area contributed by atoms with E-state index in [2.05, 4.69) is 29.0 Å². The quantitative estimate of drug-likeness (QED) is 0.632. The predicted molar refractivity (Wildman–Crippen MR) is 67.6 cm³/mol. The van der Waals surface area contributed by atoms with E-state index in [-0.39, 0.29) is 0 Å². The number of nitrogens with zero attached hydrogens (tertiary/aromatic N) is 2.